The summed E-state index contributed by atoms with van der Waals surface area (Å²) in [4.78, 5) is 4.31. The SMILES string of the molecule is NCCn1ccnc1-c1ccccc1. The molecule has 0 unspecified atom stereocenters. The van der Waals surface area contributed by atoms with Crippen molar-refractivity contribution in [2.45, 2.75) is 6.54 Å². The van der Waals surface area contributed by atoms with Crippen molar-refractivity contribution >= 4 is 0 Å². The largest absolute Gasteiger partial charge is 0.330 e. The van der Waals surface area contributed by atoms with E-state index in [2.05, 4.69) is 21.7 Å². The average Bonchev–Trinajstić information content (AvgIpc) is 2.68. The topological polar surface area (TPSA) is 43.8 Å². The molecular weight excluding hydrogens is 174 g/mol. The Labute approximate surface area is 83.2 Å². The quantitative estimate of drug-likeness (QED) is 0.791. The summed E-state index contributed by atoms with van der Waals surface area (Å²) in [6, 6.07) is 10.1. The predicted molar refractivity (Wildman–Crippen MR) is 56.7 cm³/mol. The van der Waals surface area contributed by atoms with E-state index in [-0.39, 0.29) is 0 Å². The van der Waals surface area contributed by atoms with Gasteiger partial charge in [0, 0.05) is 31.0 Å². The van der Waals surface area contributed by atoms with Crippen molar-refractivity contribution in [3.63, 3.8) is 0 Å². The van der Waals surface area contributed by atoms with E-state index in [9.17, 15) is 0 Å². The fourth-order valence-corrected chi connectivity index (χ4v) is 1.48. The first-order valence-corrected chi connectivity index (χ1v) is 4.68. The zero-order valence-corrected chi connectivity index (χ0v) is 7.93. The third kappa shape index (κ3) is 1.67. The lowest BCUT2D eigenvalue weighted by Gasteiger charge is -2.05. The van der Waals surface area contributed by atoms with Gasteiger partial charge in [-0.1, -0.05) is 30.3 Å². The van der Waals surface area contributed by atoms with Gasteiger partial charge in [-0.3, -0.25) is 0 Å². The predicted octanol–water partition coefficient (Wildman–Crippen LogP) is 1.51. The number of aromatic nitrogens is 2. The molecule has 0 saturated heterocycles. The van der Waals surface area contributed by atoms with Gasteiger partial charge < -0.3 is 10.3 Å². The molecule has 0 amide bonds. The minimum absolute atomic E-state index is 0.635. The molecule has 0 aliphatic heterocycles. The Bertz CT molecular complexity index is 392. The van der Waals surface area contributed by atoms with Crippen molar-refractivity contribution in [2.24, 2.45) is 5.73 Å². The van der Waals surface area contributed by atoms with Crippen LogP contribution in [0.1, 0.15) is 0 Å². The van der Waals surface area contributed by atoms with Gasteiger partial charge in [0.1, 0.15) is 5.82 Å². The number of benzene rings is 1. The fourth-order valence-electron chi connectivity index (χ4n) is 1.48. The fraction of sp³-hybridized carbons (Fsp3) is 0.182. The van der Waals surface area contributed by atoms with Crippen LogP contribution in [0.5, 0.6) is 0 Å². The lowest BCUT2D eigenvalue weighted by molar-refractivity contribution is 0.715. The Morgan fingerprint density at radius 2 is 2.00 bits per heavy atom. The van der Waals surface area contributed by atoms with Gasteiger partial charge in [0.05, 0.1) is 0 Å². The normalized spacial score (nSPS) is 10.4. The number of hydrogen-bond acceptors (Lipinski definition) is 2. The second-order valence-electron chi connectivity index (χ2n) is 3.10. The molecule has 3 heteroatoms. The number of rotatable bonds is 3. The molecule has 0 saturated carbocycles. The Morgan fingerprint density at radius 1 is 1.21 bits per heavy atom. The van der Waals surface area contributed by atoms with Gasteiger partial charge in [-0.2, -0.15) is 0 Å². The maximum absolute atomic E-state index is 5.52. The lowest BCUT2D eigenvalue weighted by Crippen LogP contribution is -2.10. The second kappa shape index (κ2) is 4.07. The number of nitrogens with zero attached hydrogens (tertiary/aromatic N) is 2. The van der Waals surface area contributed by atoms with Gasteiger partial charge in [-0.05, 0) is 0 Å². The minimum Gasteiger partial charge on any atom is -0.330 e. The van der Waals surface area contributed by atoms with E-state index in [0.717, 1.165) is 17.9 Å². The molecule has 0 aliphatic rings. The van der Waals surface area contributed by atoms with Gasteiger partial charge in [0.2, 0.25) is 0 Å². The van der Waals surface area contributed by atoms with E-state index in [0.29, 0.717) is 6.54 Å². The molecule has 1 aromatic heterocycles. The standard InChI is InChI=1S/C11H13N3/c12-6-8-14-9-7-13-11(14)10-4-2-1-3-5-10/h1-5,7,9H,6,8,12H2. The van der Waals surface area contributed by atoms with E-state index in [4.69, 9.17) is 5.73 Å². The molecule has 3 nitrogen and oxygen atoms in total. The van der Waals surface area contributed by atoms with Crippen LogP contribution in [-0.4, -0.2) is 16.1 Å². The zero-order chi connectivity index (χ0) is 9.80. The maximum atomic E-state index is 5.52. The van der Waals surface area contributed by atoms with E-state index in [1.807, 2.05) is 24.4 Å². The monoisotopic (exact) mass is 187 g/mol. The Hall–Kier alpha value is -1.61. The number of imidazole rings is 1. The first kappa shape index (κ1) is 8.97. The van der Waals surface area contributed by atoms with Crippen LogP contribution < -0.4 is 5.73 Å². The van der Waals surface area contributed by atoms with Crippen LogP contribution in [0.4, 0.5) is 0 Å². The highest BCUT2D eigenvalue weighted by atomic mass is 15.1. The van der Waals surface area contributed by atoms with Crippen LogP contribution in [-0.2, 0) is 6.54 Å². The summed E-state index contributed by atoms with van der Waals surface area (Å²) >= 11 is 0. The van der Waals surface area contributed by atoms with Crippen LogP contribution in [0.3, 0.4) is 0 Å². The van der Waals surface area contributed by atoms with Gasteiger partial charge in [-0.15, -0.1) is 0 Å². The highest BCUT2D eigenvalue weighted by molar-refractivity contribution is 5.54. The summed E-state index contributed by atoms with van der Waals surface area (Å²) < 4.78 is 2.06. The summed E-state index contributed by atoms with van der Waals surface area (Å²) in [5, 5.41) is 0. The van der Waals surface area contributed by atoms with Gasteiger partial charge in [0.25, 0.3) is 0 Å². The first-order valence-electron chi connectivity index (χ1n) is 4.68. The summed E-state index contributed by atoms with van der Waals surface area (Å²) in [6.07, 6.45) is 3.76. The van der Waals surface area contributed by atoms with Crippen LogP contribution in [0.2, 0.25) is 0 Å². The molecule has 0 atom stereocenters. The van der Waals surface area contributed by atoms with Crippen molar-refractivity contribution in [1.82, 2.24) is 9.55 Å². The minimum atomic E-state index is 0.635. The van der Waals surface area contributed by atoms with E-state index < -0.39 is 0 Å². The van der Waals surface area contributed by atoms with Gasteiger partial charge in [0.15, 0.2) is 0 Å². The Balaban J connectivity index is 2.37. The van der Waals surface area contributed by atoms with Gasteiger partial charge in [-0.25, -0.2) is 4.98 Å². The van der Waals surface area contributed by atoms with Crippen molar-refractivity contribution < 1.29 is 0 Å². The highest BCUT2D eigenvalue weighted by Gasteiger charge is 2.03. The summed E-state index contributed by atoms with van der Waals surface area (Å²) in [6.45, 7) is 1.44. The molecular formula is C11H13N3. The van der Waals surface area contributed by atoms with Crippen LogP contribution in [0, 0.1) is 0 Å². The zero-order valence-electron chi connectivity index (χ0n) is 7.93. The van der Waals surface area contributed by atoms with Crippen molar-refractivity contribution in [3.05, 3.63) is 42.7 Å². The summed E-state index contributed by atoms with van der Waals surface area (Å²) in [7, 11) is 0. The van der Waals surface area contributed by atoms with E-state index in [1.54, 1.807) is 6.20 Å². The number of hydrogen-bond donors (Lipinski definition) is 1. The average molecular weight is 187 g/mol. The van der Waals surface area contributed by atoms with Crippen LogP contribution >= 0.6 is 0 Å². The molecule has 0 radical (unpaired) electrons. The van der Waals surface area contributed by atoms with Crippen molar-refractivity contribution in [1.29, 1.82) is 0 Å². The molecule has 0 bridgehead atoms. The third-order valence-corrected chi connectivity index (χ3v) is 2.12. The molecule has 2 rings (SSSR count). The number of nitrogens with two attached hydrogens (primary N) is 1. The summed E-state index contributed by atoms with van der Waals surface area (Å²) in [5.41, 5.74) is 6.65. The molecule has 14 heavy (non-hydrogen) atoms. The summed E-state index contributed by atoms with van der Waals surface area (Å²) in [5.74, 6) is 0.982. The smallest absolute Gasteiger partial charge is 0.139 e. The molecule has 2 N–H and O–H groups in total. The van der Waals surface area contributed by atoms with Gasteiger partial charge >= 0.3 is 0 Å². The van der Waals surface area contributed by atoms with Crippen molar-refractivity contribution in [2.75, 3.05) is 6.54 Å². The van der Waals surface area contributed by atoms with E-state index >= 15 is 0 Å². The lowest BCUT2D eigenvalue weighted by atomic mass is 10.2. The van der Waals surface area contributed by atoms with Crippen LogP contribution in [0.25, 0.3) is 11.4 Å². The Morgan fingerprint density at radius 3 is 2.71 bits per heavy atom. The molecule has 0 spiro atoms. The molecule has 2 aromatic rings. The van der Waals surface area contributed by atoms with Crippen LogP contribution in [0.15, 0.2) is 42.7 Å². The second-order valence-corrected chi connectivity index (χ2v) is 3.10. The molecule has 1 heterocycles. The molecule has 72 valence electrons. The van der Waals surface area contributed by atoms with E-state index in [1.165, 1.54) is 0 Å². The Kier molecular flexibility index (Phi) is 2.60. The van der Waals surface area contributed by atoms with Crippen molar-refractivity contribution in [3.8, 4) is 11.4 Å². The highest BCUT2D eigenvalue weighted by Crippen LogP contribution is 2.15. The molecule has 0 fully saturated rings. The molecule has 1 aromatic carbocycles. The first-order chi connectivity index (χ1) is 6.92. The molecule has 0 aliphatic carbocycles. The third-order valence-electron chi connectivity index (χ3n) is 2.12. The maximum Gasteiger partial charge on any atom is 0.139 e.